The van der Waals surface area contributed by atoms with Crippen LogP contribution in [0.3, 0.4) is 0 Å². The number of aryl methyl sites for hydroxylation is 2. The Balaban J connectivity index is 1.87. The molecule has 3 N–H and O–H groups in total. The second-order valence-electron chi connectivity index (χ2n) is 5.21. The van der Waals surface area contributed by atoms with Crippen LogP contribution in [0.1, 0.15) is 23.9 Å². The van der Waals surface area contributed by atoms with Gasteiger partial charge >= 0.3 is 6.03 Å². The number of halogens is 1. The van der Waals surface area contributed by atoms with Gasteiger partial charge in [-0.15, -0.1) is 0 Å². The van der Waals surface area contributed by atoms with E-state index in [0.29, 0.717) is 17.7 Å². The van der Waals surface area contributed by atoms with Gasteiger partial charge in [-0.05, 0) is 44.5 Å². The SMILES string of the molecule is Cc1cc(C[C@@H](C)NC(=O)Nc2ccc(C)c(F)c2)n[nH]1. The Labute approximate surface area is 123 Å². The fourth-order valence-electron chi connectivity index (χ4n) is 2.01. The molecule has 6 heteroatoms. The second kappa shape index (κ2) is 6.39. The third-order valence-corrected chi connectivity index (χ3v) is 3.08. The second-order valence-corrected chi connectivity index (χ2v) is 5.21. The van der Waals surface area contributed by atoms with Crippen LogP contribution in [0.2, 0.25) is 0 Å². The number of hydrogen-bond acceptors (Lipinski definition) is 2. The molecule has 2 amide bonds. The zero-order valence-corrected chi connectivity index (χ0v) is 12.3. The Hall–Kier alpha value is -2.37. The van der Waals surface area contributed by atoms with Gasteiger partial charge in [0.1, 0.15) is 5.82 Å². The van der Waals surface area contributed by atoms with Gasteiger partial charge in [-0.1, -0.05) is 6.07 Å². The minimum Gasteiger partial charge on any atom is -0.335 e. The van der Waals surface area contributed by atoms with Crippen LogP contribution >= 0.6 is 0 Å². The van der Waals surface area contributed by atoms with Crippen LogP contribution in [-0.2, 0) is 6.42 Å². The first kappa shape index (κ1) is 15.0. The molecule has 21 heavy (non-hydrogen) atoms. The van der Waals surface area contributed by atoms with Crippen LogP contribution in [0.4, 0.5) is 14.9 Å². The predicted molar refractivity (Wildman–Crippen MR) is 79.8 cm³/mol. The maximum atomic E-state index is 13.4. The summed E-state index contributed by atoms with van der Waals surface area (Å²) >= 11 is 0. The molecule has 0 radical (unpaired) electrons. The highest BCUT2D eigenvalue weighted by Crippen LogP contribution is 2.13. The number of anilines is 1. The van der Waals surface area contributed by atoms with E-state index < -0.39 is 0 Å². The zero-order chi connectivity index (χ0) is 15.4. The summed E-state index contributed by atoms with van der Waals surface area (Å²) in [6, 6.07) is 6.09. The minimum absolute atomic E-state index is 0.0806. The van der Waals surface area contributed by atoms with Crippen LogP contribution in [0, 0.1) is 19.7 Å². The maximum Gasteiger partial charge on any atom is 0.319 e. The lowest BCUT2D eigenvalue weighted by atomic mass is 10.2. The van der Waals surface area contributed by atoms with Gasteiger partial charge in [0.15, 0.2) is 0 Å². The van der Waals surface area contributed by atoms with Gasteiger partial charge < -0.3 is 10.6 Å². The van der Waals surface area contributed by atoms with Crippen molar-refractivity contribution in [1.29, 1.82) is 0 Å². The quantitative estimate of drug-likeness (QED) is 0.810. The van der Waals surface area contributed by atoms with Crippen molar-refractivity contribution < 1.29 is 9.18 Å². The number of amides is 2. The molecule has 0 bridgehead atoms. The zero-order valence-electron chi connectivity index (χ0n) is 12.3. The summed E-state index contributed by atoms with van der Waals surface area (Å²) in [5.74, 6) is -0.340. The Kier molecular flexibility index (Phi) is 4.57. The fraction of sp³-hybridized carbons (Fsp3) is 0.333. The van der Waals surface area contributed by atoms with Gasteiger partial charge in [0, 0.05) is 23.8 Å². The van der Waals surface area contributed by atoms with E-state index in [9.17, 15) is 9.18 Å². The fourth-order valence-corrected chi connectivity index (χ4v) is 2.01. The lowest BCUT2D eigenvalue weighted by Gasteiger charge is -2.13. The summed E-state index contributed by atoms with van der Waals surface area (Å²) in [7, 11) is 0. The molecule has 0 aliphatic rings. The molecule has 0 spiro atoms. The third kappa shape index (κ3) is 4.30. The van der Waals surface area contributed by atoms with Crippen molar-refractivity contribution in [1.82, 2.24) is 15.5 Å². The number of benzene rings is 1. The number of urea groups is 1. The Morgan fingerprint density at radius 3 is 2.76 bits per heavy atom. The summed E-state index contributed by atoms with van der Waals surface area (Å²) in [6.45, 7) is 5.49. The van der Waals surface area contributed by atoms with Crippen LogP contribution in [0.15, 0.2) is 24.3 Å². The number of carbonyl (C=O) groups is 1. The summed E-state index contributed by atoms with van der Waals surface area (Å²) in [5, 5.41) is 12.4. The number of H-pyrrole nitrogens is 1. The number of aromatic nitrogens is 2. The van der Waals surface area contributed by atoms with Crippen molar-refractivity contribution in [2.45, 2.75) is 33.2 Å². The molecule has 0 aliphatic carbocycles. The first-order valence-corrected chi connectivity index (χ1v) is 6.78. The molecule has 2 rings (SSSR count). The molecule has 112 valence electrons. The van der Waals surface area contributed by atoms with Gasteiger partial charge in [0.25, 0.3) is 0 Å². The summed E-state index contributed by atoms with van der Waals surface area (Å²) in [6.07, 6.45) is 0.625. The average Bonchev–Trinajstić information content (AvgIpc) is 2.79. The van der Waals surface area contributed by atoms with E-state index in [1.807, 2.05) is 19.9 Å². The van der Waals surface area contributed by atoms with Crippen LogP contribution in [-0.4, -0.2) is 22.3 Å². The standard InChI is InChI=1S/C15H19FN4O/c1-9-4-5-12(8-14(9)16)18-15(21)17-10(2)6-13-7-11(3)19-20-13/h4-5,7-8,10H,6H2,1-3H3,(H,19,20)(H2,17,18,21)/t10-/m1/s1. The van der Waals surface area contributed by atoms with Gasteiger partial charge in [-0.3, -0.25) is 5.10 Å². The highest BCUT2D eigenvalue weighted by atomic mass is 19.1. The highest BCUT2D eigenvalue weighted by molar-refractivity contribution is 5.89. The van der Waals surface area contributed by atoms with Crippen molar-refractivity contribution >= 4 is 11.7 Å². The first-order valence-electron chi connectivity index (χ1n) is 6.78. The van der Waals surface area contributed by atoms with E-state index in [0.717, 1.165) is 11.4 Å². The molecule has 2 aromatic rings. The van der Waals surface area contributed by atoms with Gasteiger partial charge in [-0.25, -0.2) is 9.18 Å². The number of nitrogens with one attached hydrogen (secondary N) is 3. The summed E-state index contributed by atoms with van der Waals surface area (Å²) in [5.41, 5.74) is 2.85. The molecule has 1 aromatic heterocycles. The molecular weight excluding hydrogens is 271 g/mol. The molecular formula is C15H19FN4O. The number of hydrogen-bond donors (Lipinski definition) is 3. The Bertz CT molecular complexity index is 638. The third-order valence-electron chi connectivity index (χ3n) is 3.08. The molecule has 0 saturated carbocycles. The van der Waals surface area contributed by atoms with Gasteiger partial charge in [0.05, 0.1) is 5.69 Å². The Morgan fingerprint density at radius 1 is 1.38 bits per heavy atom. The predicted octanol–water partition coefficient (Wildman–Crippen LogP) is 2.92. The van der Waals surface area contributed by atoms with Crippen molar-refractivity contribution in [2.75, 3.05) is 5.32 Å². The molecule has 0 unspecified atom stereocenters. The summed E-state index contributed by atoms with van der Waals surface area (Å²) in [4.78, 5) is 11.8. The molecule has 0 fully saturated rings. The van der Waals surface area contributed by atoms with Crippen molar-refractivity contribution in [3.63, 3.8) is 0 Å². The molecule has 1 heterocycles. The number of nitrogens with zero attached hydrogens (tertiary/aromatic N) is 1. The monoisotopic (exact) mass is 290 g/mol. The van der Waals surface area contributed by atoms with E-state index in [1.165, 1.54) is 6.07 Å². The van der Waals surface area contributed by atoms with Gasteiger partial charge in [0.2, 0.25) is 0 Å². The lowest BCUT2D eigenvalue weighted by molar-refractivity contribution is 0.249. The van der Waals surface area contributed by atoms with Crippen LogP contribution in [0.5, 0.6) is 0 Å². The molecule has 1 atom stereocenters. The van der Waals surface area contributed by atoms with E-state index in [-0.39, 0.29) is 17.9 Å². The molecule has 0 saturated heterocycles. The van der Waals surface area contributed by atoms with E-state index in [1.54, 1.807) is 19.1 Å². The van der Waals surface area contributed by atoms with Crippen molar-refractivity contribution in [3.05, 3.63) is 47.0 Å². The molecule has 0 aliphatic heterocycles. The lowest BCUT2D eigenvalue weighted by Crippen LogP contribution is -2.37. The highest BCUT2D eigenvalue weighted by Gasteiger charge is 2.10. The summed E-state index contributed by atoms with van der Waals surface area (Å²) < 4.78 is 13.4. The van der Waals surface area contributed by atoms with Gasteiger partial charge in [-0.2, -0.15) is 5.10 Å². The van der Waals surface area contributed by atoms with Crippen molar-refractivity contribution in [2.24, 2.45) is 0 Å². The van der Waals surface area contributed by atoms with E-state index in [2.05, 4.69) is 20.8 Å². The van der Waals surface area contributed by atoms with Crippen LogP contribution in [0.25, 0.3) is 0 Å². The first-order chi connectivity index (χ1) is 9.94. The van der Waals surface area contributed by atoms with Crippen LogP contribution < -0.4 is 10.6 Å². The normalized spacial score (nSPS) is 12.0. The average molecular weight is 290 g/mol. The minimum atomic E-state index is -0.363. The topological polar surface area (TPSA) is 69.8 Å². The van der Waals surface area contributed by atoms with Crippen molar-refractivity contribution in [3.8, 4) is 0 Å². The number of carbonyl (C=O) groups excluding carboxylic acids is 1. The number of rotatable bonds is 4. The molecule has 5 nitrogen and oxygen atoms in total. The largest absolute Gasteiger partial charge is 0.335 e. The Morgan fingerprint density at radius 2 is 2.14 bits per heavy atom. The van der Waals surface area contributed by atoms with E-state index in [4.69, 9.17) is 0 Å². The molecule has 1 aromatic carbocycles. The smallest absolute Gasteiger partial charge is 0.319 e. The maximum absolute atomic E-state index is 13.4. The number of aromatic amines is 1. The van der Waals surface area contributed by atoms with E-state index >= 15 is 0 Å².